The van der Waals surface area contributed by atoms with Gasteiger partial charge in [-0.15, -0.1) is 0 Å². The first-order chi connectivity index (χ1) is 8.69. The lowest BCUT2D eigenvalue weighted by atomic mass is 10.1. The standard InChI is InChI=1S/C13H20N2O3/c1-2-15-5-3-11(4-6-15)14-8-12-7-10(9-18-12)13(16)17/h7,9,11,14H,2-6,8H2,1H3,(H,16,17). The Morgan fingerprint density at radius 1 is 1.56 bits per heavy atom. The van der Waals surface area contributed by atoms with Crippen molar-refractivity contribution in [3.05, 3.63) is 23.7 Å². The Morgan fingerprint density at radius 2 is 2.28 bits per heavy atom. The van der Waals surface area contributed by atoms with Crippen LogP contribution in [0.3, 0.4) is 0 Å². The lowest BCUT2D eigenvalue weighted by Gasteiger charge is -2.31. The van der Waals surface area contributed by atoms with Crippen LogP contribution in [0.1, 0.15) is 35.9 Å². The Balaban J connectivity index is 1.76. The highest BCUT2D eigenvalue weighted by Crippen LogP contribution is 2.12. The molecule has 100 valence electrons. The molecule has 1 aromatic heterocycles. The first-order valence-corrected chi connectivity index (χ1v) is 6.45. The molecule has 0 radical (unpaired) electrons. The molecule has 5 nitrogen and oxygen atoms in total. The van der Waals surface area contributed by atoms with Gasteiger partial charge in [0, 0.05) is 6.04 Å². The van der Waals surface area contributed by atoms with Gasteiger partial charge in [0.25, 0.3) is 0 Å². The van der Waals surface area contributed by atoms with E-state index in [1.54, 1.807) is 6.07 Å². The summed E-state index contributed by atoms with van der Waals surface area (Å²) in [5, 5.41) is 12.2. The normalized spacial score (nSPS) is 18.1. The number of hydrogen-bond acceptors (Lipinski definition) is 4. The minimum Gasteiger partial charge on any atom is -0.478 e. The summed E-state index contributed by atoms with van der Waals surface area (Å²) in [5.41, 5.74) is 0.215. The number of nitrogens with one attached hydrogen (secondary N) is 1. The van der Waals surface area contributed by atoms with Crippen LogP contribution in [-0.2, 0) is 6.54 Å². The highest BCUT2D eigenvalue weighted by Gasteiger charge is 2.18. The van der Waals surface area contributed by atoms with E-state index in [9.17, 15) is 4.79 Å². The van der Waals surface area contributed by atoms with Crippen LogP contribution >= 0.6 is 0 Å². The van der Waals surface area contributed by atoms with Gasteiger partial charge in [0.1, 0.15) is 12.0 Å². The average molecular weight is 252 g/mol. The van der Waals surface area contributed by atoms with Crippen LogP contribution in [0.5, 0.6) is 0 Å². The van der Waals surface area contributed by atoms with Crippen molar-refractivity contribution in [1.29, 1.82) is 0 Å². The van der Waals surface area contributed by atoms with Crippen molar-refractivity contribution in [2.45, 2.75) is 32.4 Å². The van der Waals surface area contributed by atoms with Gasteiger partial charge in [-0.05, 0) is 38.5 Å². The predicted octanol–water partition coefficient (Wildman–Crippen LogP) is 1.55. The first-order valence-electron chi connectivity index (χ1n) is 6.45. The minimum atomic E-state index is -0.943. The third-order valence-electron chi connectivity index (χ3n) is 3.50. The molecular weight excluding hydrogens is 232 g/mol. The number of furan rings is 1. The molecule has 2 heterocycles. The second-order valence-electron chi connectivity index (χ2n) is 4.70. The zero-order valence-corrected chi connectivity index (χ0v) is 10.7. The van der Waals surface area contributed by atoms with E-state index in [-0.39, 0.29) is 5.56 Å². The van der Waals surface area contributed by atoms with Gasteiger partial charge in [-0.2, -0.15) is 0 Å². The van der Waals surface area contributed by atoms with Crippen molar-refractivity contribution < 1.29 is 14.3 Å². The van der Waals surface area contributed by atoms with Crippen LogP contribution in [0.25, 0.3) is 0 Å². The van der Waals surface area contributed by atoms with E-state index < -0.39 is 5.97 Å². The lowest BCUT2D eigenvalue weighted by Crippen LogP contribution is -2.42. The third kappa shape index (κ3) is 3.34. The topological polar surface area (TPSA) is 65.7 Å². The summed E-state index contributed by atoms with van der Waals surface area (Å²) >= 11 is 0. The van der Waals surface area contributed by atoms with Crippen LogP contribution < -0.4 is 5.32 Å². The fourth-order valence-corrected chi connectivity index (χ4v) is 2.28. The maximum Gasteiger partial charge on any atom is 0.338 e. The Kier molecular flexibility index (Phi) is 4.38. The Hall–Kier alpha value is -1.33. The molecule has 1 aliphatic heterocycles. The molecule has 1 fully saturated rings. The number of carboxylic acid groups (broad SMARTS) is 1. The zero-order valence-electron chi connectivity index (χ0n) is 10.7. The maximum atomic E-state index is 10.7. The highest BCUT2D eigenvalue weighted by molar-refractivity contribution is 5.87. The number of carbonyl (C=O) groups is 1. The maximum absolute atomic E-state index is 10.7. The SMILES string of the molecule is CCN1CCC(NCc2cc(C(=O)O)co2)CC1. The van der Waals surface area contributed by atoms with E-state index in [2.05, 4.69) is 17.1 Å². The largest absolute Gasteiger partial charge is 0.478 e. The van der Waals surface area contributed by atoms with Crippen molar-refractivity contribution >= 4 is 5.97 Å². The second kappa shape index (κ2) is 6.02. The molecule has 0 bridgehead atoms. The quantitative estimate of drug-likeness (QED) is 0.832. The Labute approximate surface area is 107 Å². The summed E-state index contributed by atoms with van der Waals surface area (Å²) in [6, 6.07) is 2.09. The Morgan fingerprint density at radius 3 is 2.83 bits per heavy atom. The molecule has 5 heteroatoms. The fourth-order valence-electron chi connectivity index (χ4n) is 2.28. The number of rotatable bonds is 5. The minimum absolute atomic E-state index is 0.215. The van der Waals surface area contributed by atoms with E-state index in [0.717, 1.165) is 32.5 Å². The second-order valence-corrected chi connectivity index (χ2v) is 4.70. The molecule has 2 rings (SSSR count). The van der Waals surface area contributed by atoms with Crippen molar-refractivity contribution in [2.24, 2.45) is 0 Å². The fraction of sp³-hybridized carbons (Fsp3) is 0.615. The summed E-state index contributed by atoms with van der Waals surface area (Å²) in [7, 11) is 0. The number of aromatic carboxylic acids is 1. The number of likely N-dealkylation sites (tertiary alicyclic amines) is 1. The molecule has 0 aromatic carbocycles. The Bertz CT molecular complexity index is 395. The van der Waals surface area contributed by atoms with Gasteiger partial charge >= 0.3 is 5.97 Å². The predicted molar refractivity (Wildman–Crippen MR) is 67.6 cm³/mol. The molecule has 0 unspecified atom stereocenters. The van der Waals surface area contributed by atoms with Gasteiger partial charge in [0.05, 0.1) is 12.1 Å². The number of nitrogens with zero attached hydrogens (tertiary/aromatic N) is 1. The van der Waals surface area contributed by atoms with E-state index in [1.807, 2.05) is 0 Å². The van der Waals surface area contributed by atoms with Gasteiger partial charge in [0.15, 0.2) is 0 Å². The van der Waals surface area contributed by atoms with Crippen molar-refractivity contribution in [1.82, 2.24) is 10.2 Å². The summed E-state index contributed by atoms with van der Waals surface area (Å²) in [6.45, 7) is 6.17. The van der Waals surface area contributed by atoms with Crippen molar-refractivity contribution in [2.75, 3.05) is 19.6 Å². The van der Waals surface area contributed by atoms with Crippen LogP contribution in [0, 0.1) is 0 Å². The molecule has 1 aromatic rings. The number of carboxylic acids is 1. The van der Waals surface area contributed by atoms with Gasteiger partial charge in [-0.25, -0.2) is 4.79 Å². The smallest absolute Gasteiger partial charge is 0.338 e. The monoisotopic (exact) mass is 252 g/mol. The molecule has 0 aliphatic carbocycles. The van der Waals surface area contributed by atoms with E-state index >= 15 is 0 Å². The van der Waals surface area contributed by atoms with Crippen LogP contribution in [0.15, 0.2) is 16.7 Å². The summed E-state index contributed by atoms with van der Waals surface area (Å²) in [6.07, 6.45) is 3.57. The molecule has 1 saturated heterocycles. The van der Waals surface area contributed by atoms with Gasteiger partial charge in [0.2, 0.25) is 0 Å². The molecule has 0 atom stereocenters. The van der Waals surface area contributed by atoms with E-state index in [4.69, 9.17) is 9.52 Å². The molecular formula is C13H20N2O3. The third-order valence-corrected chi connectivity index (χ3v) is 3.50. The number of hydrogen-bond donors (Lipinski definition) is 2. The number of piperidine rings is 1. The molecule has 0 amide bonds. The molecule has 1 aliphatic rings. The molecule has 18 heavy (non-hydrogen) atoms. The lowest BCUT2D eigenvalue weighted by molar-refractivity contribution is 0.0696. The molecule has 0 spiro atoms. The van der Waals surface area contributed by atoms with E-state index in [0.29, 0.717) is 18.3 Å². The summed E-state index contributed by atoms with van der Waals surface area (Å²) in [4.78, 5) is 13.1. The summed E-state index contributed by atoms with van der Waals surface area (Å²) < 4.78 is 5.21. The zero-order chi connectivity index (χ0) is 13.0. The summed E-state index contributed by atoms with van der Waals surface area (Å²) in [5.74, 6) is -0.258. The average Bonchev–Trinajstić information content (AvgIpc) is 2.86. The molecule has 0 saturated carbocycles. The highest BCUT2D eigenvalue weighted by atomic mass is 16.4. The first kappa shape index (κ1) is 13.1. The van der Waals surface area contributed by atoms with Crippen LogP contribution in [-0.4, -0.2) is 41.7 Å². The van der Waals surface area contributed by atoms with Crippen LogP contribution in [0.2, 0.25) is 0 Å². The van der Waals surface area contributed by atoms with E-state index in [1.165, 1.54) is 6.26 Å². The van der Waals surface area contributed by atoms with Crippen molar-refractivity contribution in [3.8, 4) is 0 Å². The van der Waals surface area contributed by atoms with Gasteiger partial charge in [-0.3, -0.25) is 0 Å². The van der Waals surface area contributed by atoms with Gasteiger partial charge in [-0.1, -0.05) is 6.92 Å². The van der Waals surface area contributed by atoms with Gasteiger partial charge < -0.3 is 19.7 Å². The van der Waals surface area contributed by atoms with Crippen molar-refractivity contribution in [3.63, 3.8) is 0 Å². The van der Waals surface area contributed by atoms with Crippen LogP contribution in [0.4, 0.5) is 0 Å². The molecule has 2 N–H and O–H groups in total.